The van der Waals surface area contributed by atoms with Crippen LogP contribution < -0.4 is 10.7 Å². The number of hydrogen-bond donors (Lipinski definition) is 2. The van der Waals surface area contributed by atoms with Crippen LogP contribution in [-0.2, 0) is 14.3 Å². The van der Waals surface area contributed by atoms with Crippen LogP contribution in [0.1, 0.15) is 31.9 Å². The summed E-state index contributed by atoms with van der Waals surface area (Å²) in [6.07, 6.45) is 0.360. The van der Waals surface area contributed by atoms with Gasteiger partial charge in [-0.15, -0.1) is 0 Å². The number of carbonyl (C=O) groups is 2. The summed E-state index contributed by atoms with van der Waals surface area (Å²) in [7, 11) is 0. The van der Waals surface area contributed by atoms with Gasteiger partial charge in [0.2, 0.25) is 11.8 Å². The van der Waals surface area contributed by atoms with Gasteiger partial charge in [0.05, 0.1) is 6.61 Å². The zero-order valence-corrected chi connectivity index (χ0v) is 13.9. The molecule has 0 bridgehead atoms. The minimum Gasteiger partial charge on any atom is -0.370 e. The fourth-order valence-electron chi connectivity index (χ4n) is 3.11. The normalized spacial score (nSPS) is 24.2. The second kappa shape index (κ2) is 7.00. The molecule has 0 spiro atoms. The second-order valence-electron chi connectivity index (χ2n) is 6.22. The van der Waals surface area contributed by atoms with E-state index < -0.39 is 0 Å². The Kier molecular flexibility index (Phi) is 4.80. The molecule has 2 heterocycles. The van der Waals surface area contributed by atoms with Crippen molar-refractivity contribution in [2.45, 2.75) is 26.4 Å². The number of morpholine rings is 1. The fourth-order valence-corrected chi connectivity index (χ4v) is 3.11. The first-order chi connectivity index (χ1) is 11.5. The molecular formula is C17H22N4O3. The average molecular weight is 330 g/mol. The predicted molar refractivity (Wildman–Crippen MR) is 90.4 cm³/mol. The van der Waals surface area contributed by atoms with Crippen molar-refractivity contribution in [3.63, 3.8) is 0 Å². The molecule has 2 amide bonds. The Labute approximate surface area is 141 Å². The van der Waals surface area contributed by atoms with E-state index in [4.69, 9.17) is 4.74 Å². The average Bonchev–Trinajstić information content (AvgIpc) is 2.54. The summed E-state index contributed by atoms with van der Waals surface area (Å²) in [6, 6.07) is 7.69. The van der Waals surface area contributed by atoms with Crippen molar-refractivity contribution in [1.29, 1.82) is 0 Å². The van der Waals surface area contributed by atoms with Crippen molar-refractivity contribution >= 4 is 23.3 Å². The number of rotatable bonds is 2. The lowest BCUT2D eigenvalue weighted by Crippen LogP contribution is -2.48. The molecule has 0 aromatic heterocycles. The number of nitrogens with zero attached hydrogens (tertiary/aromatic N) is 2. The fraction of sp³-hybridized carbons (Fsp3) is 0.471. The van der Waals surface area contributed by atoms with Crippen molar-refractivity contribution in [2.75, 3.05) is 25.0 Å². The number of anilines is 1. The first-order valence-corrected chi connectivity index (χ1v) is 8.13. The van der Waals surface area contributed by atoms with Gasteiger partial charge in [-0.2, -0.15) is 5.10 Å². The second-order valence-corrected chi connectivity index (χ2v) is 6.22. The van der Waals surface area contributed by atoms with E-state index in [0.717, 1.165) is 23.6 Å². The van der Waals surface area contributed by atoms with Crippen LogP contribution in [0.25, 0.3) is 0 Å². The third kappa shape index (κ3) is 3.73. The number of nitrogens with one attached hydrogen (secondary N) is 2. The van der Waals surface area contributed by atoms with Gasteiger partial charge in [-0.05, 0) is 17.7 Å². The summed E-state index contributed by atoms with van der Waals surface area (Å²) in [4.78, 5) is 24.8. The Bertz CT molecular complexity index is 674. The molecule has 7 heteroatoms. The van der Waals surface area contributed by atoms with Gasteiger partial charge in [0.15, 0.2) is 0 Å². The first kappa shape index (κ1) is 16.4. The van der Waals surface area contributed by atoms with E-state index in [1.54, 1.807) is 0 Å². The molecule has 2 aliphatic heterocycles. The summed E-state index contributed by atoms with van der Waals surface area (Å²) >= 11 is 0. The molecule has 1 aromatic carbocycles. The number of hydrogen-bond acceptors (Lipinski definition) is 5. The molecule has 2 unspecified atom stereocenters. The maximum Gasteiger partial charge on any atom is 0.240 e. The molecule has 0 radical (unpaired) electrons. The molecule has 24 heavy (non-hydrogen) atoms. The standard InChI is InChI=1S/C17H22N4O3/c1-11-8-16(23)19-20-17(11)21-6-7-24-15(10-21)13-4-3-5-14(9-13)18-12(2)22/h3-5,9,11,15H,6-8,10H2,1-2H3,(H,18,22)(H,19,23). The third-order valence-electron chi connectivity index (χ3n) is 4.20. The van der Waals surface area contributed by atoms with Crippen LogP contribution in [-0.4, -0.2) is 42.2 Å². The van der Waals surface area contributed by atoms with Gasteiger partial charge in [0.25, 0.3) is 0 Å². The van der Waals surface area contributed by atoms with Gasteiger partial charge in [0, 0.05) is 38.0 Å². The number of carbonyl (C=O) groups excluding carboxylic acids is 2. The molecule has 1 fully saturated rings. The molecule has 3 rings (SSSR count). The Morgan fingerprint density at radius 1 is 1.46 bits per heavy atom. The van der Waals surface area contributed by atoms with Crippen molar-refractivity contribution in [1.82, 2.24) is 10.3 Å². The molecule has 7 nitrogen and oxygen atoms in total. The highest BCUT2D eigenvalue weighted by Gasteiger charge is 2.30. The summed E-state index contributed by atoms with van der Waals surface area (Å²) < 4.78 is 5.90. The van der Waals surface area contributed by atoms with E-state index in [1.165, 1.54) is 6.92 Å². The highest BCUT2D eigenvalue weighted by atomic mass is 16.5. The van der Waals surface area contributed by atoms with E-state index in [9.17, 15) is 9.59 Å². The van der Waals surface area contributed by atoms with E-state index >= 15 is 0 Å². The highest BCUT2D eigenvalue weighted by molar-refractivity contribution is 5.93. The van der Waals surface area contributed by atoms with Crippen LogP contribution in [0.4, 0.5) is 5.69 Å². The summed E-state index contributed by atoms with van der Waals surface area (Å²) in [5, 5.41) is 7.02. The number of benzene rings is 1. The SMILES string of the molecule is CC(=O)Nc1cccc(C2CN(C3=NNC(=O)CC3C)CCO2)c1. The molecule has 2 atom stereocenters. The van der Waals surface area contributed by atoms with E-state index in [2.05, 4.69) is 20.7 Å². The van der Waals surface area contributed by atoms with Crippen LogP contribution in [0.3, 0.4) is 0 Å². The summed E-state index contributed by atoms with van der Waals surface area (Å²) in [5.74, 6) is 0.864. The Balaban J connectivity index is 1.74. The maximum atomic E-state index is 11.4. The summed E-state index contributed by atoms with van der Waals surface area (Å²) in [6.45, 7) is 5.51. The van der Waals surface area contributed by atoms with Crippen LogP contribution in [0, 0.1) is 5.92 Å². The lowest BCUT2D eigenvalue weighted by atomic mass is 10.0. The van der Waals surface area contributed by atoms with Crippen molar-refractivity contribution in [2.24, 2.45) is 11.0 Å². The maximum absolute atomic E-state index is 11.4. The number of amidine groups is 1. The van der Waals surface area contributed by atoms with Gasteiger partial charge in [-0.1, -0.05) is 19.1 Å². The van der Waals surface area contributed by atoms with E-state index in [-0.39, 0.29) is 23.8 Å². The summed E-state index contributed by atoms with van der Waals surface area (Å²) in [5.41, 5.74) is 4.34. The Hall–Kier alpha value is -2.41. The van der Waals surface area contributed by atoms with Gasteiger partial charge in [-0.3, -0.25) is 9.59 Å². The lowest BCUT2D eigenvalue weighted by Gasteiger charge is -2.37. The molecule has 2 aliphatic rings. The van der Waals surface area contributed by atoms with E-state index in [1.807, 2.05) is 31.2 Å². The minimum absolute atomic E-state index is 0.0425. The predicted octanol–water partition coefficient (Wildman–Crippen LogP) is 1.49. The molecule has 1 aromatic rings. The van der Waals surface area contributed by atoms with Crippen LogP contribution in [0.15, 0.2) is 29.4 Å². The van der Waals surface area contributed by atoms with Crippen LogP contribution in [0.2, 0.25) is 0 Å². The van der Waals surface area contributed by atoms with Crippen molar-refractivity contribution in [3.05, 3.63) is 29.8 Å². The largest absolute Gasteiger partial charge is 0.370 e. The molecule has 1 saturated heterocycles. The monoisotopic (exact) mass is 330 g/mol. The molecular weight excluding hydrogens is 308 g/mol. The van der Waals surface area contributed by atoms with Crippen molar-refractivity contribution < 1.29 is 14.3 Å². The lowest BCUT2D eigenvalue weighted by molar-refractivity contribution is -0.122. The Morgan fingerprint density at radius 2 is 2.29 bits per heavy atom. The highest BCUT2D eigenvalue weighted by Crippen LogP contribution is 2.26. The number of ether oxygens (including phenoxy) is 1. The minimum atomic E-state index is -0.0977. The zero-order valence-electron chi connectivity index (χ0n) is 13.9. The van der Waals surface area contributed by atoms with Crippen LogP contribution >= 0.6 is 0 Å². The van der Waals surface area contributed by atoms with Crippen LogP contribution in [0.5, 0.6) is 0 Å². The quantitative estimate of drug-likeness (QED) is 0.860. The topological polar surface area (TPSA) is 83.0 Å². The van der Waals surface area contributed by atoms with Gasteiger partial charge in [0.1, 0.15) is 11.9 Å². The third-order valence-corrected chi connectivity index (χ3v) is 4.20. The van der Waals surface area contributed by atoms with Gasteiger partial charge in [-0.25, -0.2) is 5.43 Å². The molecule has 128 valence electrons. The Morgan fingerprint density at radius 3 is 3.04 bits per heavy atom. The zero-order chi connectivity index (χ0) is 17.1. The number of hydrazone groups is 1. The van der Waals surface area contributed by atoms with Gasteiger partial charge < -0.3 is 15.0 Å². The van der Waals surface area contributed by atoms with Gasteiger partial charge >= 0.3 is 0 Å². The number of amides is 2. The molecule has 0 saturated carbocycles. The smallest absolute Gasteiger partial charge is 0.240 e. The molecule has 0 aliphatic carbocycles. The molecule has 2 N–H and O–H groups in total. The van der Waals surface area contributed by atoms with Crippen molar-refractivity contribution in [3.8, 4) is 0 Å². The van der Waals surface area contributed by atoms with E-state index in [0.29, 0.717) is 19.6 Å². The first-order valence-electron chi connectivity index (χ1n) is 8.13.